The van der Waals surface area contributed by atoms with Crippen molar-refractivity contribution in [2.24, 2.45) is 0 Å². The molecule has 0 aliphatic heterocycles. The first kappa shape index (κ1) is 36.0. The van der Waals surface area contributed by atoms with Crippen molar-refractivity contribution >= 4 is 36.0 Å². The van der Waals surface area contributed by atoms with E-state index in [2.05, 4.69) is 4.74 Å². The van der Waals surface area contributed by atoms with Crippen molar-refractivity contribution in [1.82, 2.24) is 0 Å². The van der Waals surface area contributed by atoms with Gasteiger partial charge in [0, 0.05) is 25.0 Å². The minimum absolute atomic E-state index is 0.0608. The lowest BCUT2D eigenvalue weighted by Crippen LogP contribution is -2.22. The Bertz CT molecular complexity index is 1310. The van der Waals surface area contributed by atoms with Gasteiger partial charge in [-0.1, -0.05) is 48.5 Å². The molecular weight excluding hydrogens is 564 g/mol. The van der Waals surface area contributed by atoms with Crippen LogP contribution in [0.15, 0.2) is 60.7 Å². The number of hydrogen-bond acceptors (Lipinski definition) is 9. The molecule has 0 bridgehead atoms. The summed E-state index contributed by atoms with van der Waals surface area (Å²) in [5.74, 6) is -1.81. The fourth-order valence-corrected chi connectivity index (χ4v) is 3.93. The largest absolute Gasteiger partial charge is 0.469 e. The Kier molecular flexibility index (Phi) is 13.5. The van der Waals surface area contributed by atoms with Crippen LogP contribution in [0.3, 0.4) is 0 Å². The molecule has 0 fully saturated rings. The average molecular weight is 609 g/mol. The highest BCUT2D eigenvalue weighted by molar-refractivity contribution is 5.87. The first-order valence-corrected chi connectivity index (χ1v) is 14.5. The first-order chi connectivity index (χ1) is 20.6. The minimum atomic E-state index is -1.21. The predicted octanol–water partition coefficient (Wildman–Crippen LogP) is 6.45. The van der Waals surface area contributed by atoms with Gasteiger partial charge >= 0.3 is 23.9 Å². The zero-order chi connectivity index (χ0) is 32.9. The number of esters is 4. The normalized spacial score (nSPS) is 13.4. The summed E-state index contributed by atoms with van der Waals surface area (Å²) in [4.78, 5) is 48.2. The Labute approximate surface area is 259 Å². The number of carbonyl (C=O) groups excluding carboxylic acids is 4. The van der Waals surface area contributed by atoms with Gasteiger partial charge in [-0.3, -0.25) is 9.59 Å². The Balaban J connectivity index is 2.22. The molecule has 0 saturated carbocycles. The average Bonchev–Trinajstić information content (AvgIpc) is 2.94. The fourth-order valence-electron chi connectivity index (χ4n) is 3.93. The van der Waals surface area contributed by atoms with Crippen molar-refractivity contribution in [1.29, 1.82) is 0 Å². The highest BCUT2D eigenvalue weighted by Crippen LogP contribution is 2.33. The van der Waals surface area contributed by atoms with E-state index in [1.165, 1.54) is 19.3 Å². The van der Waals surface area contributed by atoms with Crippen molar-refractivity contribution in [2.45, 2.75) is 90.6 Å². The molecule has 2 rings (SSSR count). The first-order valence-electron chi connectivity index (χ1n) is 14.5. The standard InChI is InChI=1S/C35H44O9/c1-34(2,3)43-30(38)22-16-24-12-18-26(19-13-24)32(40)33(42-29(37)11-9-8-10-28(36)41-7)27-20-14-25(15-21-27)17-23-31(39)44-35(4,5)6/h12-23,32-33,40H,8-11H2,1-7H3/b22-16+,23-17+. The van der Waals surface area contributed by atoms with E-state index in [9.17, 15) is 24.3 Å². The third-order valence-electron chi connectivity index (χ3n) is 5.96. The summed E-state index contributed by atoms with van der Waals surface area (Å²) in [5.41, 5.74) is 1.26. The number of aliphatic hydroxyl groups excluding tert-OH is 1. The van der Waals surface area contributed by atoms with Crippen LogP contribution in [0.25, 0.3) is 12.2 Å². The van der Waals surface area contributed by atoms with E-state index in [1.807, 2.05) is 0 Å². The summed E-state index contributed by atoms with van der Waals surface area (Å²) in [5, 5.41) is 11.3. The third-order valence-corrected chi connectivity index (χ3v) is 5.96. The van der Waals surface area contributed by atoms with Crippen LogP contribution < -0.4 is 0 Å². The molecule has 44 heavy (non-hydrogen) atoms. The van der Waals surface area contributed by atoms with Gasteiger partial charge in [-0.05, 0) is 88.8 Å². The molecule has 0 aliphatic rings. The summed E-state index contributed by atoms with van der Waals surface area (Å²) in [6, 6.07) is 13.8. The van der Waals surface area contributed by atoms with E-state index in [4.69, 9.17) is 14.2 Å². The topological polar surface area (TPSA) is 125 Å². The van der Waals surface area contributed by atoms with Crippen LogP contribution in [0.5, 0.6) is 0 Å². The molecule has 2 aromatic rings. The molecule has 0 amide bonds. The van der Waals surface area contributed by atoms with E-state index < -0.39 is 41.3 Å². The maximum absolute atomic E-state index is 12.8. The van der Waals surface area contributed by atoms with Crippen molar-refractivity contribution in [2.75, 3.05) is 7.11 Å². The van der Waals surface area contributed by atoms with Crippen LogP contribution >= 0.6 is 0 Å². The van der Waals surface area contributed by atoms with E-state index in [1.54, 1.807) is 102 Å². The molecule has 9 heteroatoms. The Morgan fingerprint density at radius 2 is 1.09 bits per heavy atom. The van der Waals surface area contributed by atoms with Crippen molar-refractivity contribution < 1.29 is 43.2 Å². The molecule has 2 aromatic carbocycles. The monoisotopic (exact) mass is 608 g/mol. The number of ether oxygens (including phenoxy) is 4. The van der Waals surface area contributed by atoms with E-state index in [0.29, 0.717) is 35.1 Å². The lowest BCUT2D eigenvalue weighted by Gasteiger charge is -2.24. The van der Waals surface area contributed by atoms with Gasteiger partial charge in [-0.2, -0.15) is 0 Å². The van der Waals surface area contributed by atoms with Crippen LogP contribution in [0.1, 0.15) is 102 Å². The van der Waals surface area contributed by atoms with E-state index in [0.717, 1.165) is 0 Å². The third kappa shape index (κ3) is 13.8. The highest BCUT2D eigenvalue weighted by atomic mass is 16.6. The Morgan fingerprint density at radius 1 is 0.682 bits per heavy atom. The maximum Gasteiger partial charge on any atom is 0.331 e. The van der Waals surface area contributed by atoms with Gasteiger partial charge in [0.05, 0.1) is 7.11 Å². The number of unbranched alkanes of at least 4 members (excludes halogenated alkanes) is 1. The van der Waals surface area contributed by atoms with Crippen LogP contribution in [-0.4, -0.2) is 47.3 Å². The summed E-state index contributed by atoms with van der Waals surface area (Å²) >= 11 is 0. The van der Waals surface area contributed by atoms with Gasteiger partial charge in [0.25, 0.3) is 0 Å². The zero-order valence-electron chi connectivity index (χ0n) is 26.6. The molecule has 0 heterocycles. The molecule has 0 spiro atoms. The molecule has 0 saturated heterocycles. The summed E-state index contributed by atoms with van der Waals surface area (Å²) in [6.07, 6.45) is 4.79. The van der Waals surface area contributed by atoms with E-state index >= 15 is 0 Å². The van der Waals surface area contributed by atoms with Crippen LogP contribution in [0, 0.1) is 0 Å². The molecule has 0 aliphatic carbocycles. The number of carbonyl (C=O) groups is 4. The second-order valence-electron chi connectivity index (χ2n) is 12.2. The van der Waals surface area contributed by atoms with Gasteiger partial charge in [0.15, 0.2) is 6.10 Å². The number of rotatable bonds is 13. The molecule has 2 unspecified atom stereocenters. The maximum atomic E-state index is 12.8. The SMILES string of the molecule is COC(=O)CCCCC(=O)OC(c1ccc(/C=C/C(=O)OC(C)(C)C)cc1)C(O)c1ccc(/C=C/C(=O)OC(C)(C)C)cc1. The zero-order valence-corrected chi connectivity index (χ0v) is 26.6. The number of benzene rings is 2. The van der Waals surface area contributed by atoms with Crippen molar-refractivity contribution in [3.63, 3.8) is 0 Å². The highest BCUT2D eigenvalue weighted by Gasteiger charge is 2.27. The molecule has 0 aromatic heterocycles. The molecule has 0 radical (unpaired) electrons. The summed E-state index contributed by atoms with van der Waals surface area (Å²) in [7, 11) is 1.31. The second kappa shape index (κ2) is 16.6. The molecule has 9 nitrogen and oxygen atoms in total. The smallest absolute Gasteiger partial charge is 0.331 e. The second-order valence-corrected chi connectivity index (χ2v) is 12.2. The summed E-state index contributed by atoms with van der Waals surface area (Å²) in [6.45, 7) is 10.7. The van der Waals surface area contributed by atoms with Gasteiger partial charge in [0.1, 0.15) is 17.3 Å². The lowest BCUT2D eigenvalue weighted by atomic mass is 9.96. The fraction of sp³-hybridized carbons (Fsp3) is 0.429. The lowest BCUT2D eigenvalue weighted by molar-refractivity contribution is -0.156. The molecule has 238 valence electrons. The van der Waals surface area contributed by atoms with Crippen molar-refractivity contribution in [3.05, 3.63) is 82.9 Å². The van der Waals surface area contributed by atoms with Gasteiger partial charge in [0.2, 0.25) is 0 Å². The Morgan fingerprint density at radius 3 is 1.50 bits per heavy atom. The van der Waals surface area contributed by atoms with Crippen molar-refractivity contribution in [3.8, 4) is 0 Å². The molecule has 1 N–H and O–H groups in total. The quantitative estimate of drug-likeness (QED) is 0.118. The molecular formula is C35H44O9. The summed E-state index contributed by atoms with van der Waals surface area (Å²) < 4.78 is 21.0. The minimum Gasteiger partial charge on any atom is -0.469 e. The van der Waals surface area contributed by atoms with Crippen LogP contribution in [-0.2, 0) is 38.1 Å². The van der Waals surface area contributed by atoms with Crippen LogP contribution in [0.4, 0.5) is 0 Å². The number of hydrogen-bond donors (Lipinski definition) is 1. The number of aliphatic hydroxyl groups is 1. The Hall–Kier alpha value is -4.24. The van der Waals surface area contributed by atoms with Gasteiger partial charge in [-0.25, -0.2) is 9.59 Å². The van der Waals surface area contributed by atoms with Gasteiger partial charge < -0.3 is 24.1 Å². The predicted molar refractivity (Wildman–Crippen MR) is 167 cm³/mol. The number of methoxy groups -OCH3 is 1. The van der Waals surface area contributed by atoms with Crippen LogP contribution in [0.2, 0.25) is 0 Å². The van der Waals surface area contributed by atoms with Gasteiger partial charge in [-0.15, -0.1) is 0 Å². The van der Waals surface area contributed by atoms with E-state index in [-0.39, 0.29) is 18.8 Å². The molecule has 2 atom stereocenters.